The molecule has 5 rings (SSSR count). The Morgan fingerprint density at radius 1 is 0.917 bits per heavy atom. The average molecular weight is 506 g/mol. The maximum absolute atomic E-state index is 13.8. The molecule has 0 atom stereocenters. The molecule has 0 N–H and O–H groups in total. The fourth-order valence-electron chi connectivity index (χ4n) is 5.83. The normalized spacial score (nSPS) is 17.4. The van der Waals surface area contributed by atoms with Gasteiger partial charge in [0.2, 0.25) is 5.91 Å². The number of halogens is 1. The van der Waals surface area contributed by atoms with E-state index in [1.165, 1.54) is 68.0 Å². The SMILES string of the molecule is CCc1ccc2nc(-c3ccc(F)cc3)nc(SCC(=O)N(C3CCCCC3)C3CCCCC3)c2c1. The molecular formula is C30H36FN3OS. The van der Waals surface area contributed by atoms with Crippen LogP contribution in [0.25, 0.3) is 22.3 Å². The lowest BCUT2D eigenvalue weighted by molar-refractivity contribution is -0.135. The Hall–Kier alpha value is -2.47. The van der Waals surface area contributed by atoms with E-state index in [1.807, 2.05) is 6.07 Å². The minimum atomic E-state index is -0.280. The highest BCUT2D eigenvalue weighted by molar-refractivity contribution is 8.00. The van der Waals surface area contributed by atoms with Gasteiger partial charge in [0.05, 0.1) is 11.3 Å². The van der Waals surface area contributed by atoms with Crippen LogP contribution in [0.15, 0.2) is 47.5 Å². The van der Waals surface area contributed by atoms with Gasteiger partial charge in [-0.2, -0.15) is 0 Å². The smallest absolute Gasteiger partial charge is 0.233 e. The van der Waals surface area contributed by atoms with Crippen LogP contribution in [0.3, 0.4) is 0 Å². The first-order valence-electron chi connectivity index (χ1n) is 13.6. The van der Waals surface area contributed by atoms with E-state index in [-0.39, 0.29) is 11.7 Å². The highest BCUT2D eigenvalue weighted by Crippen LogP contribution is 2.33. The predicted octanol–water partition coefficient (Wildman–Crippen LogP) is 7.58. The summed E-state index contributed by atoms with van der Waals surface area (Å²) in [4.78, 5) is 25.7. The summed E-state index contributed by atoms with van der Waals surface area (Å²) in [6.07, 6.45) is 13.0. The Bertz CT molecular complexity index is 1170. The molecule has 36 heavy (non-hydrogen) atoms. The topological polar surface area (TPSA) is 46.1 Å². The van der Waals surface area contributed by atoms with Gasteiger partial charge in [0, 0.05) is 23.0 Å². The van der Waals surface area contributed by atoms with E-state index in [0.717, 1.165) is 53.6 Å². The number of carbonyl (C=O) groups excluding carboxylic acids is 1. The maximum Gasteiger partial charge on any atom is 0.233 e. The molecule has 0 unspecified atom stereocenters. The number of benzene rings is 2. The van der Waals surface area contributed by atoms with Crippen molar-refractivity contribution in [1.82, 2.24) is 14.9 Å². The first-order valence-corrected chi connectivity index (χ1v) is 14.6. The molecule has 2 saturated carbocycles. The van der Waals surface area contributed by atoms with Crippen molar-refractivity contribution < 1.29 is 9.18 Å². The van der Waals surface area contributed by atoms with E-state index < -0.39 is 0 Å². The fourth-order valence-corrected chi connectivity index (χ4v) is 6.71. The molecule has 0 spiro atoms. The molecule has 0 radical (unpaired) electrons. The van der Waals surface area contributed by atoms with E-state index in [4.69, 9.17) is 9.97 Å². The minimum absolute atomic E-state index is 0.251. The lowest BCUT2D eigenvalue weighted by Gasteiger charge is -2.41. The lowest BCUT2D eigenvalue weighted by atomic mass is 9.88. The van der Waals surface area contributed by atoms with Crippen LogP contribution >= 0.6 is 11.8 Å². The minimum Gasteiger partial charge on any atom is -0.336 e. The van der Waals surface area contributed by atoms with Gasteiger partial charge in [-0.25, -0.2) is 14.4 Å². The molecule has 1 heterocycles. The second-order valence-electron chi connectivity index (χ2n) is 10.2. The number of amides is 1. The summed E-state index contributed by atoms with van der Waals surface area (Å²) in [5, 5.41) is 1.81. The van der Waals surface area contributed by atoms with Crippen LogP contribution in [0.1, 0.15) is 76.7 Å². The monoisotopic (exact) mass is 505 g/mol. The predicted molar refractivity (Wildman–Crippen MR) is 146 cm³/mol. The van der Waals surface area contributed by atoms with Gasteiger partial charge < -0.3 is 4.90 Å². The van der Waals surface area contributed by atoms with Crippen molar-refractivity contribution in [2.24, 2.45) is 0 Å². The Labute approximate surface area is 218 Å². The number of rotatable bonds is 7. The summed E-state index contributed by atoms with van der Waals surface area (Å²) in [6.45, 7) is 2.14. The van der Waals surface area contributed by atoms with Crippen LogP contribution in [-0.4, -0.2) is 38.6 Å². The van der Waals surface area contributed by atoms with Crippen molar-refractivity contribution in [2.45, 2.75) is 94.7 Å². The molecule has 2 aromatic carbocycles. The summed E-state index contributed by atoms with van der Waals surface area (Å²) in [5.74, 6) is 0.926. The third-order valence-corrected chi connectivity index (χ3v) is 8.77. The van der Waals surface area contributed by atoms with E-state index in [0.29, 0.717) is 23.7 Å². The first kappa shape index (κ1) is 25.2. The highest BCUT2D eigenvalue weighted by atomic mass is 32.2. The maximum atomic E-state index is 13.8. The number of hydrogen-bond donors (Lipinski definition) is 0. The molecule has 190 valence electrons. The van der Waals surface area contributed by atoms with Crippen molar-refractivity contribution in [3.8, 4) is 11.4 Å². The number of aryl methyl sites for hydroxylation is 1. The molecule has 2 aliphatic rings. The Morgan fingerprint density at radius 2 is 1.56 bits per heavy atom. The van der Waals surface area contributed by atoms with Crippen molar-refractivity contribution in [2.75, 3.05) is 5.75 Å². The van der Waals surface area contributed by atoms with Crippen molar-refractivity contribution >= 4 is 28.6 Å². The van der Waals surface area contributed by atoms with E-state index >= 15 is 0 Å². The zero-order valence-corrected chi connectivity index (χ0v) is 22.0. The second kappa shape index (κ2) is 11.7. The number of hydrogen-bond acceptors (Lipinski definition) is 4. The van der Waals surface area contributed by atoms with Crippen molar-refractivity contribution in [1.29, 1.82) is 0 Å². The fraction of sp³-hybridized carbons (Fsp3) is 0.500. The highest BCUT2D eigenvalue weighted by Gasteiger charge is 2.32. The number of aromatic nitrogens is 2. The third kappa shape index (κ3) is 5.74. The average Bonchev–Trinajstić information content (AvgIpc) is 2.93. The van der Waals surface area contributed by atoms with Gasteiger partial charge >= 0.3 is 0 Å². The molecule has 3 aromatic rings. The van der Waals surface area contributed by atoms with Crippen LogP contribution in [0.5, 0.6) is 0 Å². The molecule has 0 saturated heterocycles. The number of carbonyl (C=O) groups is 1. The number of nitrogens with zero attached hydrogens (tertiary/aromatic N) is 3. The molecule has 1 aromatic heterocycles. The van der Waals surface area contributed by atoms with Gasteiger partial charge in [0.1, 0.15) is 10.8 Å². The standard InChI is InChI=1S/C30H36FN3OS/c1-2-21-13-18-27-26(19-21)30(33-29(32-27)22-14-16-23(31)17-15-22)36-20-28(35)34(24-9-5-3-6-10-24)25-11-7-4-8-12-25/h13-19,24-25H,2-12,20H2,1H3. The molecule has 2 fully saturated rings. The second-order valence-corrected chi connectivity index (χ2v) is 11.2. The van der Waals surface area contributed by atoms with Crippen molar-refractivity contribution in [3.63, 3.8) is 0 Å². The molecule has 2 aliphatic carbocycles. The van der Waals surface area contributed by atoms with Gasteiger partial charge in [-0.05, 0) is 74.1 Å². The Kier molecular flexibility index (Phi) is 8.20. The van der Waals surface area contributed by atoms with E-state index in [9.17, 15) is 9.18 Å². The number of thioether (sulfide) groups is 1. The van der Waals surface area contributed by atoms with Crippen LogP contribution in [-0.2, 0) is 11.2 Å². The largest absolute Gasteiger partial charge is 0.336 e. The van der Waals surface area contributed by atoms with E-state index in [2.05, 4.69) is 24.0 Å². The quantitative estimate of drug-likeness (QED) is 0.245. The third-order valence-electron chi connectivity index (χ3n) is 7.79. The molecule has 1 amide bonds. The molecule has 0 bridgehead atoms. The summed E-state index contributed by atoms with van der Waals surface area (Å²) >= 11 is 1.53. The van der Waals surface area contributed by atoms with Gasteiger partial charge in [-0.1, -0.05) is 63.3 Å². The van der Waals surface area contributed by atoms with Crippen LogP contribution < -0.4 is 0 Å². The van der Waals surface area contributed by atoms with Gasteiger partial charge in [0.25, 0.3) is 0 Å². The molecular weight excluding hydrogens is 469 g/mol. The lowest BCUT2D eigenvalue weighted by Crippen LogP contribution is -2.49. The van der Waals surface area contributed by atoms with Gasteiger partial charge in [0.15, 0.2) is 5.82 Å². The Balaban J connectivity index is 1.44. The molecule has 4 nitrogen and oxygen atoms in total. The summed E-state index contributed by atoms with van der Waals surface area (Å²) < 4.78 is 13.5. The van der Waals surface area contributed by atoms with E-state index in [1.54, 1.807) is 12.1 Å². The summed E-state index contributed by atoms with van der Waals surface area (Å²) in [7, 11) is 0. The van der Waals surface area contributed by atoms with Gasteiger partial charge in [-0.3, -0.25) is 4.79 Å². The zero-order valence-electron chi connectivity index (χ0n) is 21.2. The summed E-state index contributed by atoms with van der Waals surface area (Å²) in [5.41, 5.74) is 2.85. The van der Waals surface area contributed by atoms with Crippen molar-refractivity contribution in [3.05, 3.63) is 53.8 Å². The Morgan fingerprint density at radius 3 is 2.17 bits per heavy atom. The molecule has 0 aliphatic heterocycles. The molecule has 6 heteroatoms. The first-order chi connectivity index (χ1) is 17.6. The van der Waals surface area contributed by atoms with Crippen LogP contribution in [0.2, 0.25) is 0 Å². The van der Waals surface area contributed by atoms with Crippen LogP contribution in [0, 0.1) is 5.82 Å². The summed E-state index contributed by atoms with van der Waals surface area (Å²) in [6, 6.07) is 13.3. The van der Waals surface area contributed by atoms with Crippen LogP contribution in [0.4, 0.5) is 4.39 Å². The number of fused-ring (bicyclic) bond motifs is 1. The van der Waals surface area contributed by atoms with Gasteiger partial charge in [-0.15, -0.1) is 0 Å². The zero-order chi connectivity index (χ0) is 24.9.